The summed E-state index contributed by atoms with van der Waals surface area (Å²) in [4.78, 5) is 13.7. The fourth-order valence-electron chi connectivity index (χ4n) is 2.23. The number of sulfonamides is 1. The van der Waals surface area contributed by atoms with Gasteiger partial charge in [-0.2, -0.15) is 0 Å². The van der Waals surface area contributed by atoms with Crippen molar-refractivity contribution in [3.8, 4) is 0 Å². The molecule has 1 amide bonds. The molecule has 1 aromatic rings. The Morgan fingerprint density at radius 1 is 1.52 bits per heavy atom. The van der Waals surface area contributed by atoms with Crippen LogP contribution in [0.3, 0.4) is 0 Å². The Morgan fingerprint density at radius 3 is 2.76 bits per heavy atom. The third-order valence-electron chi connectivity index (χ3n) is 3.35. The smallest absolute Gasteiger partial charge is 0.255 e. The van der Waals surface area contributed by atoms with Gasteiger partial charge in [0.1, 0.15) is 0 Å². The van der Waals surface area contributed by atoms with Crippen molar-refractivity contribution in [2.75, 3.05) is 20.2 Å². The van der Waals surface area contributed by atoms with Gasteiger partial charge in [-0.25, -0.2) is 13.6 Å². The number of carbonyl (C=O) groups is 1. The number of nitrogens with two attached hydrogens (primary N) is 1. The highest BCUT2D eigenvalue weighted by Crippen LogP contribution is 2.22. The fraction of sp³-hybridized carbons (Fsp3) is 0.462. The summed E-state index contributed by atoms with van der Waals surface area (Å²) in [5.41, 5.74) is 0.240. The first-order chi connectivity index (χ1) is 9.79. The second kappa shape index (κ2) is 6.31. The molecule has 0 radical (unpaired) electrons. The molecule has 0 spiro atoms. The van der Waals surface area contributed by atoms with Crippen LogP contribution in [0.4, 0.5) is 0 Å². The number of hydrogen-bond donors (Lipinski definition) is 1. The van der Waals surface area contributed by atoms with Crippen molar-refractivity contribution in [1.29, 1.82) is 0 Å². The molecule has 1 aliphatic heterocycles. The zero-order valence-corrected chi connectivity index (χ0v) is 13.2. The highest BCUT2D eigenvalue weighted by Gasteiger charge is 2.22. The number of hydrogen-bond acceptors (Lipinski definition) is 4. The Kier molecular flexibility index (Phi) is 4.88. The summed E-state index contributed by atoms with van der Waals surface area (Å²) in [6.45, 7) is 1.20. The maximum atomic E-state index is 12.3. The number of ether oxygens (including phenoxy) is 1. The molecule has 0 aliphatic carbocycles. The maximum Gasteiger partial charge on any atom is 0.255 e. The molecule has 2 rings (SSSR count). The molecule has 8 heteroatoms. The van der Waals surface area contributed by atoms with Gasteiger partial charge in [0.2, 0.25) is 10.0 Å². The Bertz CT molecular complexity index is 642. The molecule has 0 unspecified atom stereocenters. The highest BCUT2D eigenvalue weighted by atomic mass is 35.5. The van der Waals surface area contributed by atoms with Crippen molar-refractivity contribution >= 4 is 27.5 Å². The molecule has 1 saturated heterocycles. The lowest BCUT2D eigenvalue weighted by molar-refractivity contribution is 0.0587. The van der Waals surface area contributed by atoms with E-state index in [-0.39, 0.29) is 27.5 Å². The average Bonchev–Trinajstić information content (AvgIpc) is 2.89. The number of rotatable bonds is 4. The van der Waals surface area contributed by atoms with E-state index in [4.69, 9.17) is 21.5 Å². The maximum absolute atomic E-state index is 12.3. The number of carbonyl (C=O) groups excluding carboxylic acids is 1. The van der Waals surface area contributed by atoms with Gasteiger partial charge in [-0.3, -0.25) is 4.79 Å². The fourth-order valence-corrected chi connectivity index (χ4v) is 3.09. The van der Waals surface area contributed by atoms with E-state index >= 15 is 0 Å². The van der Waals surface area contributed by atoms with Crippen molar-refractivity contribution in [3.63, 3.8) is 0 Å². The predicted molar refractivity (Wildman–Crippen MR) is 78.8 cm³/mol. The van der Waals surface area contributed by atoms with Crippen molar-refractivity contribution in [3.05, 3.63) is 28.8 Å². The molecule has 1 aromatic carbocycles. The second-order valence-electron chi connectivity index (χ2n) is 5.01. The number of amides is 1. The summed E-state index contributed by atoms with van der Waals surface area (Å²) in [5, 5.41) is 5.08. The van der Waals surface area contributed by atoms with Crippen LogP contribution >= 0.6 is 11.6 Å². The number of likely N-dealkylation sites (N-methyl/N-ethyl adjacent to an activating group) is 1. The molecule has 1 aliphatic rings. The zero-order valence-electron chi connectivity index (χ0n) is 11.6. The predicted octanol–water partition coefficient (Wildman–Crippen LogP) is 1.24. The SMILES string of the molecule is CN(C[C@H]1CCCO1)C(=O)c1ccc(S(N)(=O)=O)cc1Cl. The van der Waals surface area contributed by atoms with Crippen LogP contribution in [-0.4, -0.2) is 45.5 Å². The molecular weight excluding hydrogens is 316 g/mol. The van der Waals surface area contributed by atoms with Crippen molar-refractivity contribution in [1.82, 2.24) is 4.90 Å². The molecule has 0 bridgehead atoms. The monoisotopic (exact) mass is 332 g/mol. The van der Waals surface area contributed by atoms with E-state index in [1.807, 2.05) is 0 Å². The minimum absolute atomic E-state index is 0.0430. The Morgan fingerprint density at radius 2 is 2.24 bits per heavy atom. The van der Waals surface area contributed by atoms with E-state index in [2.05, 4.69) is 0 Å². The Labute approximate surface area is 128 Å². The van der Waals surface area contributed by atoms with E-state index in [9.17, 15) is 13.2 Å². The minimum Gasteiger partial charge on any atom is -0.376 e. The molecule has 1 atom stereocenters. The van der Waals surface area contributed by atoms with Gasteiger partial charge in [-0.1, -0.05) is 11.6 Å². The third kappa shape index (κ3) is 3.94. The van der Waals surface area contributed by atoms with Gasteiger partial charge in [-0.15, -0.1) is 0 Å². The van der Waals surface area contributed by atoms with E-state index < -0.39 is 10.0 Å². The number of primary sulfonamides is 1. The summed E-state index contributed by atoms with van der Waals surface area (Å²) in [7, 11) is -2.18. The zero-order chi connectivity index (χ0) is 15.6. The number of benzene rings is 1. The van der Waals surface area contributed by atoms with Crippen LogP contribution in [0.15, 0.2) is 23.1 Å². The van der Waals surface area contributed by atoms with Gasteiger partial charge in [0.25, 0.3) is 5.91 Å². The Hall–Kier alpha value is -1.15. The van der Waals surface area contributed by atoms with Gasteiger partial charge in [0.05, 0.1) is 21.6 Å². The molecule has 0 saturated carbocycles. The summed E-state index contributed by atoms with van der Waals surface area (Å²) >= 11 is 5.99. The minimum atomic E-state index is -3.84. The van der Waals surface area contributed by atoms with Crippen LogP contribution in [0, 0.1) is 0 Å². The van der Waals surface area contributed by atoms with Crippen molar-refractivity contribution in [2.45, 2.75) is 23.8 Å². The van der Waals surface area contributed by atoms with Crippen LogP contribution in [-0.2, 0) is 14.8 Å². The van der Waals surface area contributed by atoms with E-state index in [0.717, 1.165) is 19.4 Å². The standard InChI is InChI=1S/C13H17ClN2O4S/c1-16(8-9-3-2-6-20-9)13(17)11-5-4-10(7-12(11)14)21(15,18)19/h4-5,7,9H,2-3,6,8H2,1H3,(H2,15,18,19)/t9-/m1/s1. The van der Waals surface area contributed by atoms with Crippen LogP contribution < -0.4 is 5.14 Å². The molecule has 6 nitrogen and oxygen atoms in total. The normalized spacial score (nSPS) is 18.7. The second-order valence-corrected chi connectivity index (χ2v) is 6.98. The van der Waals surface area contributed by atoms with Gasteiger partial charge in [0, 0.05) is 20.2 Å². The molecular formula is C13H17ClN2O4S. The quantitative estimate of drug-likeness (QED) is 0.898. The van der Waals surface area contributed by atoms with E-state index in [1.165, 1.54) is 23.1 Å². The lowest BCUT2D eigenvalue weighted by Gasteiger charge is -2.21. The van der Waals surface area contributed by atoms with E-state index in [1.54, 1.807) is 7.05 Å². The first-order valence-corrected chi connectivity index (χ1v) is 8.41. The van der Waals surface area contributed by atoms with Crippen LogP contribution in [0.2, 0.25) is 5.02 Å². The number of halogens is 1. The first kappa shape index (κ1) is 16.2. The topological polar surface area (TPSA) is 89.7 Å². The van der Waals surface area contributed by atoms with Gasteiger partial charge in [0.15, 0.2) is 0 Å². The molecule has 1 heterocycles. The summed E-state index contributed by atoms with van der Waals surface area (Å²) in [6.07, 6.45) is 1.97. The number of nitrogens with zero attached hydrogens (tertiary/aromatic N) is 1. The lowest BCUT2D eigenvalue weighted by atomic mass is 10.2. The summed E-state index contributed by atoms with van der Waals surface area (Å²) in [5.74, 6) is -0.281. The molecule has 1 fully saturated rings. The van der Waals surface area contributed by atoms with Gasteiger partial charge < -0.3 is 9.64 Å². The molecule has 2 N–H and O–H groups in total. The van der Waals surface area contributed by atoms with Gasteiger partial charge in [-0.05, 0) is 31.0 Å². The van der Waals surface area contributed by atoms with Crippen LogP contribution in [0.25, 0.3) is 0 Å². The highest BCUT2D eigenvalue weighted by molar-refractivity contribution is 7.89. The summed E-state index contributed by atoms with van der Waals surface area (Å²) in [6, 6.07) is 3.83. The Balaban J connectivity index is 2.15. The van der Waals surface area contributed by atoms with Crippen molar-refractivity contribution < 1.29 is 17.9 Å². The van der Waals surface area contributed by atoms with Crippen LogP contribution in [0.1, 0.15) is 23.2 Å². The van der Waals surface area contributed by atoms with Crippen LogP contribution in [0.5, 0.6) is 0 Å². The molecule has 21 heavy (non-hydrogen) atoms. The largest absolute Gasteiger partial charge is 0.376 e. The molecule has 116 valence electrons. The summed E-state index contributed by atoms with van der Waals surface area (Å²) < 4.78 is 28.0. The molecule has 0 aromatic heterocycles. The van der Waals surface area contributed by atoms with E-state index in [0.29, 0.717) is 6.54 Å². The first-order valence-electron chi connectivity index (χ1n) is 6.48. The van der Waals surface area contributed by atoms with Crippen molar-refractivity contribution in [2.24, 2.45) is 5.14 Å². The average molecular weight is 333 g/mol. The lowest BCUT2D eigenvalue weighted by Crippen LogP contribution is -2.34. The van der Waals surface area contributed by atoms with Gasteiger partial charge >= 0.3 is 0 Å². The third-order valence-corrected chi connectivity index (χ3v) is 4.57.